The first-order valence-electron chi connectivity index (χ1n) is 10.4. The fourth-order valence-corrected chi connectivity index (χ4v) is 4.15. The van der Waals surface area contributed by atoms with Crippen molar-refractivity contribution in [3.05, 3.63) is 72.2 Å². The summed E-state index contributed by atoms with van der Waals surface area (Å²) < 4.78 is 5.42. The molecule has 8 heteroatoms. The van der Waals surface area contributed by atoms with Gasteiger partial charge in [0.15, 0.2) is 0 Å². The number of carbonyl (C=O) groups is 1. The van der Waals surface area contributed by atoms with Gasteiger partial charge in [-0.2, -0.15) is 5.26 Å². The quantitative estimate of drug-likeness (QED) is 0.551. The second kappa shape index (κ2) is 10.8. The van der Waals surface area contributed by atoms with Crippen molar-refractivity contribution < 1.29 is 9.53 Å². The number of morpholine rings is 1. The zero-order valence-corrected chi connectivity index (χ0v) is 18.3. The minimum atomic E-state index is -0.314. The summed E-state index contributed by atoms with van der Waals surface area (Å²) in [4.78, 5) is 24.0. The van der Waals surface area contributed by atoms with Gasteiger partial charge in [-0.05, 0) is 48.0 Å². The first-order valence-corrected chi connectivity index (χ1v) is 11.2. The fourth-order valence-electron chi connectivity index (χ4n) is 3.36. The van der Waals surface area contributed by atoms with E-state index in [-0.39, 0.29) is 12.3 Å². The summed E-state index contributed by atoms with van der Waals surface area (Å²) in [6.45, 7) is 3.40. The first kappa shape index (κ1) is 21.8. The van der Waals surface area contributed by atoms with Crippen LogP contribution in [0.1, 0.15) is 17.8 Å². The number of ether oxygens (including phenoxy) is 1. The van der Waals surface area contributed by atoms with E-state index in [9.17, 15) is 4.79 Å². The van der Waals surface area contributed by atoms with Crippen molar-refractivity contribution in [3.8, 4) is 6.07 Å². The van der Waals surface area contributed by atoms with Gasteiger partial charge in [0, 0.05) is 42.0 Å². The Balaban J connectivity index is 1.36. The van der Waals surface area contributed by atoms with Gasteiger partial charge in [-0.3, -0.25) is 4.79 Å². The second-order valence-electron chi connectivity index (χ2n) is 7.26. The van der Waals surface area contributed by atoms with Crippen molar-refractivity contribution in [2.75, 3.05) is 36.5 Å². The van der Waals surface area contributed by atoms with Crippen LogP contribution in [0.15, 0.2) is 70.7 Å². The van der Waals surface area contributed by atoms with Crippen molar-refractivity contribution in [1.82, 2.24) is 9.97 Å². The minimum Gasteiger partial charge on any atom is -0.378 e. The number of rotatable bonds is 7. The highest BCUT2D eigenvalue weighted by molar-refractivity contribution is 7.99. The summed E-state index contributed by atoms with van der Waals surface area (Å²) in [5, 5.41) is 12.1. The molecule has 2 aromatic carbocycles. The maximum absolute atomic E-state index is 11.5. The number of aromatic nitrogens is 2. The molecule has 0 bridgehead atoms. The molecule has 32 heavy (non-hydrogen) atoms. The van der Waals surface area contributed by atoms with E-state index >= 15 is 0 Å². The lowest BCUT2D eigenvalue weighted by Gasteiger charge is -2.28. The van der Waals surface area contributed by atoms with Gasteiger partial charge in [-0.1, -0.05) is 23.9 Å². The van der Waals surface area contributed by atoms with E-state index in [1.807, 2.05) is 36.4 Å². The molecular formula is C24H23N5O2S. The average Bonchev–Trinajstić information content (AvgIpc) is 2.82. The molecule has 0 radical (unpaired) electrons. The summed E-state index contributed by atoms with van der Waals surface area (Å²) in [5.41, 5.74) is 3.05. The molecule has 1 saturated heterocycles. The maximum atomic E-state index is 11.5. The van der Waals surface area contributed by atoms with Gasteiger partial charge < -0.3 is 15.0 Å². The van der Waals surface area contributed by atoms with Crippen LogP contribution in [0.4, 0.5) is 11.4 Å². The molecule has 1 aliphatic rings. The van der Waals surface area contributed by atoms with Crippen molar-refractivity contribution in [2.45, 2.75) is 22.8 Å². The fraction of sp³-hybridized carbons (Fsp3) is 0.250. The van der Waals surface area contributed by atoms with Crippen LogP contribution < -0.4 is 10.2 Å². The molecule has 162 valence electrons. The van der Waals surface area contributed by atoms with E-state index in [1.165, 1.54) is 23.0 Å². The third kappa shape index (κ3) is 6.06. The molecular weight excluding hydrogens is 422 g/mol. The van der Waals surface area contributed by atoms with E-state index in [0.29, 0.717) is 12.1 Å². The van der Waals surface area contributed by atoms with Crippen LogP contribution in [-0.4, -0.2) is 42.2 Å². The van der Waals surface area contributed by atoms with Crippen LogP contribution in [0, 0.1) is 11.3 Å². The van der Waals surface area contributed by atoms with Gasteiger partial charge in [0.1, 0.15) is 17.3 Å². The minimum absolute atomic E-state index is 0.157. The lowest BCUT2D eigenvalue weighted by molar-refractivity contribution is -0.115. The normalized spacial score (nSPS) is 13.4. The molecule has 1 N–H and O–H groups in total. The number of hydrogen-bond donors (Lipinski definition) is 1. The summed E-state index contributed by atoms with van der Waals surface area (Å²) in [6.07, 6.45) is 2.29. The molecule has 1 aliphatic heterocycles. The molecule has 0 atom stereocenters. The molecule has 0 unspecified atom stereocenters. The van der Waals surface area contributed by atoms with E-state index in [1.54, 1.807) is 6.20 Å². The van der Waals surface area contributed by atoms with Crippen molar-refractivity contribution in [2.24, 2.45) is 0 Å². The van der Waals surface area contributed by atoms with E-state index in [4.69, 9.17) is 10.00 Å². The Morgan fingerprint density at radius 2 is 1.84 bits per heavy atom. The SMILES string of the molecule is N#CCC(=O)Nc1ccc(Sc2ccnc(Cc3ccc(N4CCOCC4)cc3)n2)cc1. The van der Waals surface area contributed by atoms with Gasteiger partial charge in [-0.15, -0.1) is 0 Å². The van der Waals surface area contributed by atoms with Gasteiger partial charge in [-0.25, -0.2) is 9.97 Å². The van der Waals surface area contributed by atoms with Gasteiger partial charge >= 0.3 is 0 Å². The highest BCUT2D eigenvalue weighted by atomic mass is 32.2. The van der Waals surface area contributed by atoms with Gasteiger partial charge in [0.05, 0.1) is 19.3 Å². The zero-order chi connectivity index (χ0) is 22.2. The topological polar surface area (TPSA) is 91.1 Å². The second-order valence-corrected chi connectivity index (χ2v) is 8.36. The van der Waals surface area contributed by atoms with E-state index in [0.717, 1.165) is 42.0 Å². The van der Waals surface area contributed by atoms with Crippen LogP contribution in [0.3, 0.4) is 0 Å². The summed E-state index contributed by atoms with van der Waals surface area (Å²) in [7, 11) is 0. The lowest BCUT2D eigenvalue weighted by atomic mass is 10.1. The molecule has 1 aromatic heterocycles. The number of nitriles is 1. The number of amides is 1. The Morgan fingerprint density at radius 1 is 1.09 bits per heavy atom. The lowest BCUT2D eigenvalue weighted by Crippen LogP contribution is -2.36. The van der Waals surface area contributed by atoms with Gasteiger partial charge in [0.25, 0.3) is 0 Å². The predicted octanol–water partition coefficient (Wildman–Crippen LogP) is 3.91. The number of nitrogens with one attached hydrogen (secondary N) is 1. The van der Waals surface area contributed by atoms with Crippen molar-refractivity contribution in [3.63, 3.8) is 0 Å². The third-order valence-corrected chi connectivity index (χ3v) is 5.90. The molecule has 1 amide bonds. The summed E-state index contributed by atoms with van der Waals surface area (Å²) in [5.74, 6) is 0.459. The summed E-state index contributed by atoms with van der Waals surface area (Å²) >= 11 is 1.54. The largest absolute Gasteiger partial charge is 0.378 e. The Kier molecular flexibility index (Phi) is 7.33. The Labute approximate surface area is 191 Å². The highest BCUT2D eigenvalue weighted by Gasteiger charge is 2.11. The van der Waals surface area contributed by atoms with Crippen LogP contribution in [-0.2, 0) is 16.0 Å². The predicted molar refractivity (Wildman–Crippen MR) is 124 cm³/mol. The van der Waals surface area contributed by atoms with Crippen LogP contribution in [0.2, 0.25) is 0 Å². The average molecular weight is 446 g/mol. The first-order chi connectivity index (χ1) is 15.7. The maximum Gasteiger partial charge on any atom is 0.238 e. The summed E-state index contributed by atoms with van der Waals surface area (Å²) in [6, 6.07) is 19.7. The number of benzene rings is 2. The third-order valence-electron chi connectivity index (χ3n) is 4.95. The van der Waals surface area contributed by atoms with E-state index in [2.05, 4.69) is 44.5 Å². The number of anilines is 2. The monoisotopic (exact) mass is 445 g/mol. The molecule has 4 rings (SSSR count). The Hall–Kier alpha value is -3.41. The molecule has 7 nitrogen and oxygen atoms in total. The van der Waals surface area contributed by atoms with E-state index < -0.39 is 0 Å². The highest BCUT2D eigenvalue weighted by Crippen LogP contribution is 2.27. The van der Waals surface area contributed by atoms with Crippen molar-refractivity contribution >= 4 is 29.0 Å². The molecule has 0 aliphatic carbocycles. The van der Waals surface area contributed by atoms with Crippen molar-refractivity contribution in [1.29, 1.82) is 5.26 Å². The zero-order valence-electron chi connectivity index (χ0n) is 17.5. The number of carbonyl (C=O) groups excluding carboxylic acids is 1. The van der Waals surface area contributed by atoms with Gasteiger partial charge in [0.2, 0.25) is 5.91 Å². The molecule has 3 aromatic rings. The van der Waals surface area contributed by atoms with Crippen LogP contribution in [0.25, 0.3) is 0 Å². The number of nitrogens with zero attached hydrogens (tertiary/aromatic N) is 4. The molecule has 1 fully saturated rings. The Morgan fingerprint density at radius 3 is 2.56 bits per heavy atom. The standard InChI is InChI=1S/C24H23N5O2S/c25-11-9-23(30)27-19-3-7-21(8-4-19)32-24-10-12-26-22(28-24)17-18-1-5-20(6-2-18)29-13-15-31-16-14-29/h1-8,10,12H,9,13-17H2,(H,27,30). The number of hydrogen-bond acceptors (Lipinski definition) is 7. The molecule has 0 saturated carbocycles. The van der Waals surface area contributed by atoms with Crippen LogP contribution >= 0.6 is 11.8 Å². The smallest absolute Gasteiger partial charge is 0.238 e. The van der Waals surface area contributed by atoms with Crippen LogP contribution in [0.5, 0.6) is 0 Å². The molecule has 0 spiro atoms. The molecule has 2 heterocycles. The Bertz CT molecular complexity index is 1090.